The van der Waals surface area contributed by atoms with Crippen LogP contribution in [0.25, 0.3) is 0 Å². The second-order valence-corrected chi connectivity index (χ2v) is 7.29. The third kappa shape index (κ3) is 6.99. The van der Waals surface area contributed by atoms with Gasteiger partial charge in [0.05, 0.1) is 0 Å². The van der Waals surface area contributed by atoms with Gasteiger partial charge < -0.3 is 10.6 Å². The van der Waals surface area contributed by atoms with Gasteiger partial charge >= 0.3 is 0 Å². The van der Waals surface area contributed by atoms with Gasteiger partial charge in [0.15, 0.2) is 5.96 Å². The number of nitrogens with zero attached hydrogens (tertiary/aromatic N) is 3. The van der Waals surface area contributed by atoms with E-state index in [1.807, 2.05) is 30.2 Å². The molecule has 138 valence electrons. The quantitative estimate of drug-likeness (QED) is 0.399. The van der Waals surface area contributed by atoms with Crippen molar-refractivity contribution in [1.82, 2.24) is 20.4 Å². The minimum atomic E-state index is 0. The lowest BCUT2D eigenvalue weighted by molar-refractivity contribution is 0.250. The van der Waals surface area contributed by atoms with Crippen LogP contribution in [0.1, 0.15) is 46.5 Å². The zero-order valence-electron chi connectivity index (χ0n) is 15.5. The monoisotopic (exact) mass is 447 g/mol. The summed E-state index contributed by atoms with van der Waals surface area (Å²) in [6.07, 6.45) is 9.02. The molecular formula is C18H34IN5. The maximum atomic E-state index is 4.38. The number of hydrogen-bond donors (Lipinski definition) is 2. The molecule has 1 atom stereocenters. The number of halogens is 1. The van der Waals surface area contributed by atoms with E-state index in [0.717, 1.165) is 30.9 Å². The Morgan fingerprint density at radius 1 is 1.25 bits per heavy atom. The van der Waals surface area contributed by atoms with Gasteiger partial charge in [0, 0.05) is 38.6 Å². The Kier molecular flexibility index (Phi) is 9.69. The lowest BCUT2D eigenvalue weighted by Gasteiger charge is -2.32. The van der Waals surface area contributed by atoms with Gasteiger partial charge in [0.2, 0.25) is 0 Å². The molecule has 1 aromatic heterocycles. The molecule has 1 saturated carbocycles. The van der Waals surface area contributed by atoms with Crippen LogP contribution in [0.5, 0.6) is 0 Å². The molecule has 0 spiro atoms. The highest BCUT2D eigenvalue weighted by atomic mass is 127. The smallest absolute Gasteiger partial charge is 0.191 e. The van der Waals surface area contributed by atoms with Crippen molar-refractivity contribution < 1.29 is 0 Å². The molecule has 0 aromatic carbocycles. The lowest BCUT2D eigenvalue weighted by Crippen LogP contribution is -2.46. The van der Waals surface area contributed by atoms with E-state index in [2.05, 4.69) is 41.5 Å². The van der Waals surface area contributed by atoms with E-state index in [9.17, 15) is 0 Å². The van der Waals surface area contributed by atoms with Gasteiger partial charge in [-0.2, -0.15) is 5.10 Å². The summed E-state index contributed by atoms with van der Waals surface area (Å²) >= 11 is 0. The van der Waals surface area contributed by atoms with Gasteiger partial charge in [0.1, 0.15) is 0 Å². The van der Waals surface area contributed by atoms with Crippen LogP contribution in [0.2, 0.25) is 0 Å². The normalized spacial score (nSPS) is 22.8. The van der Waals surface area contributed by atoms with Gasteiger partial charge in [-0.05, 0) is 49.5 Å². The highest BCUT2D eigenvalue weighted by molar-refractivity contribution is 14.0. The standard InChI is InChI=1S/C18H33N5.HI/c1-14(2)16-6-8-17(9-7-16)22-18(19-4)20-12-15(3)13-23-11-5-10-21-23;/h5,10-11,14-17H,6-9,12-13H2,1-4H3,(H2,19,20,22);1H. The number of aliphatic imine (C=N–C) groups is 1. The van der Waals surface area contributed by atoms with Crippen molar-refractivity contribution >= 4 is 29.9 Å². The Morgan fingerprint density at radius 3 is 2.50 bits per heavy atom. The second kappa shape index (κ2) is 10.9. The molecule has 1 aliphatic rings. The first-order valence-corrected chi connectivity index (χ1v) is 9.03. The summed E-state index contributed by atoms with van der Waals surface area (Å²) in [5.74, 6) is 3.16. The van der Waals surface area contributed by atoms with E-state index in [1.54, 1.807) is 0 Å². The van der Waals surface area contributed by atoms with E-state index in [-0.39, 0.29) is 24.0 Å². The van der Waals surface area contributed by atoms with Gasteiger partial charge in [-0.25, -0.2) is 0 Å². The summed E-state index contributed by atoms with van der Waals surface area (Å²) in [5.41, 5.74) is 0. The molecular weight excluding hydrogens is 413 g/mol. The van der Waals surface area contributed by atoms with E-state index in [4.69, 9.17) is 0 Å². The Labute approximate surface area is 164 Å². The molecule has 5 nitrogen and oxygen atoms in total. The van der Waals surface area contributed by atoms with Gasteiger partial charge in [-0.3, -0.25) is 9.67 Å². The minimum Gasteiger partial charge on any atom is -0.356 e. The third-order valence-electron chi connectivity index (χ3n) is 4.95. The molecule has 0 bridgehead atoms. The molecule has 1 heterocycles. The Balaban J connectivity index is 0.00000288. The molecule has 0 saturated heterocycles. The molecule has 1 unspecified atom stereocenters. The zero-order valence-corrected chi connectivity index (χ0v) is 17.9. The highest BCUT2D eigenvalue weighted by Crippen LogP contribution is 2.29. The van der Waals surface area contributed by atoms with E-state index in [0.29, 0.717) is 12.0 Å². The lowest BCUT2D eigenvalue weighted by atomic mass is 9.80. The van der Waals surface area contributed by atoms with Gasteiger partial charge in [-0.1, -0.05) is 20.8 Å². The fraction of sp³-hybridized carbons (Fsp3) is 0.778. The predicted molar refractivity (Wildman–Crippen MR) is 112 cm³/mol. The van der Waals surface area contributed by atoms with E-state index >= 15 is 0 Å². The van der Waals surface area contributed by atoms with E-state index in [1.165, 1.54) is 25.7 Å². The molecule has 0 amide bonds. The van der Waals surface area contributed by atoms with Crippen molar-refractivity contribution in [3.63, 3.8) is 0 Å². The zero-order chi connectivity index (χ0) is 16.7. The van der Waals surface area contributed by atoms with Crippen LogP contribution in [-0.4, -0.2) is 35.4 Å². The van der Waals surface area contributed by atoms with Crippen molar-refractivity contribution in [2.24, 2.45) is 22.7 Å². The summed E-state index contributed by atoms with van der Waals surface area (Å²) in [6.45, 7) is 8.76. The Hall–Kier alpha value is -0.790. The van der Waals surface area contributed by atoms with Crippen LogP contribution >= 0.6 is 24.0 Å². The molecule has 2 rings (SSSR count). The first-order valence-electron chi connectivity index (χ1n) is 9.03. The van der Waals surface area contributed by atoms with Crippen LogP contribution in [0, 0.1) is 17.8 Å². The number of guanidine groups is 1. The highest BCUT2D eigenvalue weighted by Gasteiger charge is 2.23. The second-order valence-electron chi connectivity index (χ2n) is 7.29. The summed E-state index contributed by atoms with van der Waals surface area (Å²) < 4.78 is 1.98. The van der Waals surface area contributed by atoms with Crippen molar-refractivity contribution in [2.75, 3.05) is 13.6 Å². The van der Waals surface area contributed by atoms with Crippen LogP contribution in [0.15, 0.2) is 23.5 Å². The molecule has 0 aliphatic heterocycles. The SMILES string of the molecule is CN=C(NCC(C)Cn1cccn1)NC1CCC(C(C)C)CC1.I. The largest absolute Gasteiger partial charge is 0.356 e. The predicted octanol–water partition coefficient (Wildman–Crippen LogP) is 3.52. The molecule has 2 N–H and O–H groups in total. The van der Waals surface area contributed by atoms with Gasteiger partial charge in [0.25, 0.3) is 0 Å². The van der Waals surface area contributed by atoms with Crippen molar-refractivity contribution in [3.8, 4) is 0 Å². The molecule has 1 fully saturated rings. The average molecular weight is 447 g/mol. The van der Waals surface area contributed by atoms with Crippen molar-refractivity contribution in [1.29, 1.82) is 0 Å². The van der Waals surface area contributed by atoms with Crippen LogP contribution < -0.4 is 10.6 Å². The fourth-order valence-corrected chi connectivity index (χ4v) is 3.38. The fourth-order valence-electron chi connectivity index (χ4n) is 3.38. The van der Waals surface area contributed by atoms with Crippen molar-refractivity contribution in [3.05, 3.63) is 18.5 Å². The number of aromatic nitrogens is 2. The average Bonchev–Trinajstić information content (AvgIpc) is 3.04. The minimum absolute atomic E-state index is 0. The summed E-state index contributed by atoms with van der Waals surface area (Å²) in [4.78, 5) is 4.38. The first kappa shape index (κ1) is 21.3. The molecule has 0 radical (unpaired) electrons. The maximum absolute atomic E-state index is 4.38. The molecule has 1 aliphatic carbocycles. The van der Waals surface area contributed by atoms with Crippen molar-refractivity contribution in [2.45, 2.75) is 59.0 Å². The van der Waals surface area contributed by atoms with Crippen LogP contribution in [0.4, 0.5) is 0 Å². The molecule has 24 heavy (non-hydrogen) atoms. The number of rotatable bonds is 6. The van der Waals surface area contributed by atoms with E-state index < -0.39 is 0 Å². The Bertz CT molecular complexity index is 464. The third-order valence-corrected chi connectivity index (χ3v) is 4.95. The summed E-state index contributed by atoms with van der Waals surface area (Å²) in [6, 6.07) is 2.53. The summed E-state index contributed by atoms with van der Waals surface area (Å²) in [7, 11) is 1.85. The topological polar surface area (TPSA) is 54.2 Å². The Morgan fingerprint density at radius 2 is 1.96 bits per heavy atom. The summed E-state index contributed by atoms with van der Waals surface area (Å²) in [5, 5.41) is 11.3. The van der Waals surface area contributed by atoms with Gasteiger partial charge in [-0.15, -0.1) is 24.0 Å². The number of hydrogen-bond acceptors (Lipinski definition) is 2. The number of nitrogens with one attached hydrogen (secondary N) is 2. The first-order chi connectivity index (χ1) is 11.1. The van der Waals surface area contributed by atoms with Crippen LogP contribution in [0.3, 0.4) is 0 Å². The maximum Gasteiger partial charge on any atom is 0.191 e. The molecule has 1 aromatic rings. The molecule has 6 heteroatoms. The van der Waals surface area contributed by atoms with Crippen LogP contribution in [-0.2, 0) is 6.54 Å².